The quantitative estimate of drug-likeness (QED) is 0.593. The Hall–Kier alpha value is -3.04. The van der Waals surface area contributed by atoms with Gasteiger partial charge in [0.2, 0.25) is 0 Å². The van der Waals surface area contributed by atoms with Gasteiger partial charge < -0.3 is 9.47 Å². The number of hydrogen-bond acceptors (Lipinski definition) is 7. The Labute approximate surface area is 149 Å². The van der Waals surface area contributed by atoms with Gasteiger partial charge in [-0.2, -0.15) is 0 Å². The zero-order chi connectivity index (χ0) is 18.8. The van der Waals surface area contributed by atoms with Gasteiger partial charge >= 0.3 is 0 Å². The molecule has 1 aromatic carbocycles. The Morgan fingerprint density at radius 1 is 1.15 bits per heavy atom. The van der Waals surface area contributed by atoms with Crippen LogP contribution in [-0.2, 0) is 0 Å². The number of hydrogen-bond donors (Lipinski definition) is 0. The fraction of sp³-hybridized carbons (Fsp3) is 0.500. The summed E-state index contributed by atoms with van der Waals surface area (Å²) in [6.07, 6.45) is 3.31. The van der Waals surface area contributed by atoms with Gasteiger partial charge in [0.1, 0.15) is 17.8 Å². The minimum absolute atomic E-state index is 0.233. The molecule has 0 atom stereocenters. The number of aromatic nitrogens is 3. The van der Waals surface area contributed by atoms with Gasteiger partial charge in [0.25, 0.3) is 11.4 Å². The maximum absolute atomic E-state index is 11.3. The lowest BCUT2D eigenvalue weighted by molar-refractivity contribution is -0.393. The van der Waals surface area contributed by atoms with Crippen molar-refractivity contribution in [3.05, 3.63) is 50.6 Å². The van der Waals surface area contributed by atoms with Crippen LogP contribution in [0.3, 0.4) is 0 Å². The Bertz CT molecular complexity index is 826. The third-order valence-electron chi connectivity index (χ3n) is 4.72. The van der Waals surface area contributed by atoms with Crippen molar-refractivity contribution < 1.29 is 9.85 Å². The standard InChI is InChI=1S/C16H20N6O4/c1-11(2)20-10-17-18-16(20)12-5-7-19(8-6-12)14-4-3-13(21(23)24)9-15(14)22(25)26/h3-4,9-12H,5-8H2,1-2H3. The van der Waals surface area contributed by atoms with E-state index in [-0.39, 0.29) is 23.3 Å². The molecule has 0 radical (unpaired) electrons. The van der Waals surface area contributed by atoms with E-state index in [0.29, 0.717) is 18.8 Å². The van der Waals surface area contributed by atoms with E-state index in [2.05, 4.69) is 28.6 Å². The third-order valence-corrected chi connectivity index (χ3v) is 4.72. The maximum Gasteiger partial charge on any atom is 0.299 e. The molecule has 26 heavy (non-hydrogen) atoms. The zero-order valence-corrected chi connectivity index (χ0v) is 14.6. The van der Waals surface area contributed by atoms with Crippen LogP contribution < -0.4 is 4.90 Å². The lowest BCUT2D eigenvalue weighted by atomic mass is 9.95. The summed E-state index contributed by atoms with van der Waals surface area (Å²) in [4.78, 5) is 22.9. The second kappa shape index (κ2) is 7.06. The summed E-state index contributed by atoms with van der Waals surface area (Å²) in [6.45, 7) is 5.38. The Balaban J connectivity index is 1.79. The summed E-state index contributed by atoms with van der Waals surface area (Å²) in [6, 6.07) is 4.07. The highest BCUT2D eigenvalue weighted by Gasteiger charge is 2.29. The molecule has 0 aliphatic carbocycles. The molecule has 1 aliphatic rings. The molecule has 0 saturated carbocycles. The SMILES string of the molecule is CC(C)n1cnnc1C1CCN(c2ccc([N+](=O)[O-])cc2[N+](=O)[O-])CC1. The summed E-state index contributed by atoms with van der Waals surface area (Å²) in [5.74, 6) is 1.19. The van der Waals surface area contributed by atoms with Crippen LogP contribution in [-0.4, -0.2) is 37.7 Å². The van der Waals surface area contributed by atoms with E-state index in [1.54, 1.807) is 6.33 Å². The van der Waals surface area contributed by atoms with E-state index in [0.717, 1.165) is 24.7 Å². The van der Waals surface area contributed by atoms with Crippen LogP contribution in [0.5, 0.6) is 0 Å². The van der Waals surface area contributed by atoms with Crippen LogP contribution in [0, 0.1) is 20.2 Å². The average molecular weight is 360 g/mol. The van der Waals surface area contributed by atoms with Crippen LogP contribution in [0.25, 0.3) is 0 Å². The highest BCUT2D eigenvalue weighted by molar-refractivity contribution is 5.67. The summed E-state index contributed by atoms with van der Waals surface area (Å²) in [5.41, 5.74) is -0.0901. The van der Waals surface area contributed by atoms with Crippen molar-refractivity contribution >= 4 is 17.1 Å². The van der Waals surface area contributed by atoms with Crippen molar-refractivity contribution in [3.8, 4) is 0 Å². The van der Waals surface area contributed by atoms with Crippen molar-refractivity contribution in [2.24, 2.45) is 0 Å². The van der Waals surface area contributed by atoms with Gasteiger partial charge in [-0.25, -0.2) is 0 Å². The number of nitrogens with zero attached hydrogens (tertiary/aromatic N) is 6. The van der Waals surface area contributed by atoms with Crippen molar-refractivity contribution in [2.45, 2.75) is 38.6 Å². The maximum atomic E-state index is 11.3. The van der Waals surface area contributed by atoms with Crippen LogP contribution in [0.1, 0.15) is 44.5 Å². The third kappa shape index (κ3) is 3.35. The molecule has 1 saturated heterocycles. The molecule has 1 aromatic heterocycles. The Morgan fingerprint density at radius 2 is 1.85 bits per heavy atom. The summed E-state index contributed by atoms with van der Waals surface area (Å²) >= 11 is 0. The fourth-order valence-corrected chi connectivity index (χ4v) is 3.36. The molecule has 0 unspecified atom stereocenters. The van der Waals surface area contributed by atoms with Gasteiger partial charge in [-0.05, 0) is 32.8 Å². The normalized spacial score (nSPS) is 15.4. The fourth-order valence-electron chi connectivity index (χ4n) is 3.36. The summed E-state index contributed by atoms with van der Waals surface area (Å²) in [7, 11) is 0. The molecule has 2 heterocycles. The van der Waals surface area contributed by atoms with Crippen molar-refractivity contribution in [1.82, 2.24) is 14.8 Å². The monoisotopic (exact) mass is 360 g/mol. The van der Waals surface area contributed by atoms with Gasteiger partial charge in [0.05, 0.1) is 15.9 Å². The van der Waals surface area contributed by atoms with E-state index >= 15 is 0 Å². The molecular weight excluding hydrogens is 340 g/mol. The number of rotatable bonds is 5. The minimum Gasteiger partial charge on any atom is -0.366 e. The van der Waals surface area contributed by atoms with Gasteiger partial charge in [-0.15, -0.1) is 10.2 Å². The molecule has 3 rings (SSSR count). The predicted molar refractivity (Wildman–Crippen MR) is 94.3 cm³/mol. The number of piperidine rings is 1. The van der Waals surface area contributed by atoms with Gasteiger partial charge in [0.15, 0.2) is 0 Å². The molecule has 10 nitrogen and oxygen atoms in total. The van der Waals surface area contributed by atoms with Crippen molar-refractivity contribution in [1.29, 1.82) is 0 Å². The van der Waals surface area contributed by atoms with E-state index < -0.39 is 9.85 Å². The highest BCUT2D eigenvalue weighted by Crippen LogP contribution is 2.36. The van der Waals surface area contributed by atoms with Crippen LogP contribution >= 0.6 is 0 Å². The van der Waals surface area contributed by atoms with E-state index in [4.69, 9.17) is 0 Å². The lowest BCUT2D eigenvalue weighted by Gasteiger charge is -2.33. The first-order chi connectivity index (χ1) is 12.4. The molecule has 1 fully saturated rings. The molecular formula is C16H20N6O4. The number of anilines is 1. The topological polar surface area (TPSA) is 120 Å². The summed E-state index contributed by atoms with van der Waals surface area (Å²) in [5, 5.41) is 30.5. The largest absolute Gasteiger partial charge is 0.366 e. The predicted octanol–water partition coefficient (Wildman–Crippen LogP) is 3.06. The van der Waals surface area contributed by atoms with Gasteiger partial charge in [-0.1, -0.05) is 0 Å². The first-order valence-electron chi connectivity index (χ1n) is 8.45. The number of benzene rings is 1. The molecule has 0 spiro atoms. The number of non-ortho nitro benzene ring substituents is 1. The Morgan fingerprint density at radius 3 is 2.42 bits per heavy atom. The molecule has 10 heteroatoms. The van der Waals surface area contributed by atoms with Crippen molar-refractivity contribution in [3.63, 3.8) is 0 Å². The summed E-state index contributed by atoms with van der Waals surface area (Å²) < 4.78 is 2.05. The van der Waals surface area contributed by atoms with Crippen LogP contribution in [0.4, 0.5) is 17.1 Å². The molecule has 1 aliphatic heterocycles. The van der Waals surface area contributed by atoms with Crippen LogP contribution in [0.2, 0.25) is 0 Å². The minimum atomic E-state index is -0.623. The number of nitro benzene ring substituents is 2. The van der Waals surface area contributed by atoms with Crippen molar-refractivity contribution in [2.75, 3.05) is 18.0 Å². The van der Waals surface area contributed by atoms with E-state index in [1.165, 1.54) is 12.1 Å². The molecule has 0 N–H and O–H groups in total. The van der Waals surface area contributed by atoms with E-state index in [1.807, 2.05) is 4.90 Å². The van der Waals surface area contributed by atoms with Gasteiger partial charge in [-0.3, -0.25) is 20.2 Å². The number of nitro groups is 2. The molecule has 2 aromatic rings. The smallest absolute Gasteiger partial charge is 0.299 e. The second-order valence-corrected chi connectivity index (χ2v) is 6.64. The molecule has 0 bridgehead atoms. The Kier molecular flexibility index (Phi) is 4.83. The first kappa shape index (κ1) is 17.8. The van der Waals surface area contributed by atoms with E-state index in [9.17, 15) is 20.2 Å². The highest BCUT2D eigenvalue weighted by atomic mass is 16.6. The zero-order valence-electron chi connectivity index (χ0n) is 14.6. The second-order valence-electron chi connectivity index (χ2n) is 6.64. The molecule has 138 valence electrons. The lowest BCUT2D eigenvalue weighted by Crippen LogP contribution is -2.34. The first-order valence-corrected chi connectivity index (χ1v) is 8.45. The van der Waals surface area contributed by atoms with Gasteiger partial charge in [0, 0.05) is 31.1 Å². The van der Waals surface area contributed by atoms with Crippen LogP contribution in [0.15, 0.2) is 24.5 Å². The molecule has 0 amide bonds. The average Bonchev–Trinajstić information content (AvgIpc) is 3.11.